The molecule has 0 aliphatic carbocycles. The number of carbonyl (C=O) groups excluding carboxylic acids is 1. The van der Waals surface area contributed by atoms with Crippen molar-refractivity contribution < 1.29 is 14.7 Å². The molecule has 7 heteroatoms. The minimum absolute atomic E-state index is 0.0495. The number of carboxylic acids is 1. The number of benzene rings is 1. The van der Waals surface area contributed by atoms with E-state index in [0.29, 0.717) is 5.56 Å². The summed E-state index contributed by atoms with van der Waals surface area (Å²) >= 11 is 0. The van der Waals surface area contributed by atoms with Crippen LogP contribution in [-0.2, 0) is 11.8 Å². The van der Waals surface area contributed by atoms with E-state index in [1.165, 1.54) is 19.2 Å². The van der Waals surface area contributed by atoms with Crippen LogP contribution in [0.25, 0.3) is 0 Å². The maximum Gasteiger partial charge on any atom is 0.305 e. The molecule has 0 bridgehead atoms. The van der Waals surface area contributed by atoms with Gasteiger partial charge in [-0.25, -0.2) is 4.68 Å². The highest BCUT2D eigenvalue weighted by atomic mass is 16.4. The lowest BCUT2D eigenvalue weighted by molar-refractivity contribution is -0.137. The number of carbonyl (C=O) groups is 2. The van der Waals surface area contributed by atoms with Crippen molar-refractivity contribution in [1.29, 1.82) is 0 Å². The second-order valence-corrected chi connectivity index (χ2v) is 4.72. The molecule has 1 heterocycles. The number of hydrogen-bond donors (Lipinski definition) is 2. The summed E-state index contributed by atoms with van der Waals surface area (Å²) in [6.45, 7) is 0. The van der Waals surface area contributed by atoms with E-state index in [0.717, 1.165) is 4.68 Å². The number of hydrogen-bond acceptors (Lipinski definition) is 4. The van der Waals surface area contributed by atoms with E-state index >= 15 is 0 Å². The van der Waals surface area contributed by atoms with Crippen LogP contribution in [0.1, 0.15) is 28.5 Å². The highest BCUT2D eigenvalue weighted by molar-refractivity contribution is 5.92. The zero-order valence-corrected chi connectivity index (χ0v) is 11.9. The first-order valence-electron chi connectivity index (χ1n) is 6.59. The molecular formula is C15H15N3O4. The van der Waals surface area contributed by atoms with Gasteiger partial charge in [-0.2, -0.15) is 5.10 Å². The van der Waals surface area contributed by atoms with Crippen molar-refractivity contribution in [3.8, 4) is 0 Å². The lowest BCUT2D eigenvalue weighted by atomic mass is 10.0. The molecule has 0 aliphatic rings. The van der Waals surface area contributed by atoms with Gasteiger partial charge in [-0.15, -0.1) is 0 Å². The molecule has 0 unspecified atom stereocenters. The average molecular weight is 301 g/mol. The van der Waals surface area contributed by atoms with Crippen LogP contribution in [0.4, 0.5) is 0 Å². The third-order valence-corrected chi connectivity index (χ3v) is 3.08. The van der Waals surface area contributed by atoms with Crippen molar-refractivity contribution in [3.05, 3.63) is 64.1 Å². The van der Waals surface area contributed by atoms with Gasteiger partial charge in [0.1, 0.15) is 5.69 Å². The summed E-state index contributed by atoms with van der Waals surface area (Å²) < 4.78 is 1.05. The molecule has 2 aromatic rings. The molecule has 0 fully saturated rings. The smallest absolute Gasteiger partial charge is 0.305 e. The van der Waals surface area contributed by atoms with Crippen molar-refractivity contribution in [1.82, 2.24) is 15.1 Å². The number of nitrogens with one attached hydrogen (secondary N) is 1. The molecule has 1 aromatic heterocycles. The van der Waals surface area contributed by atoms with Crippen molar-refractivity contribution in [3.63, 3.8) is 0 Å². The van der Waals surface area contributed by atoms with Crippen LogP contribution in [0.3, 0.4) is 0 Å². The van der Waals surface area contributed by atoms with Crippen molar-refractivity contribution in [2.24, 2.45) is 7.05 Å². The van der Waals surface area contributed by atoms with E-state index in [1.54, 1.807) is 30.3 Å². The van der Waals surface area contributed by atoms with E-state index in [-0.39, 0.29) is 17.7 Å². The predicted octanol–water partition coefficient (Wildman–Crippen LogP) is 0.726. The number of nitrogens with zero attached hydrogens (tertiary/aromatic N) is 2. The van der Waals surface area contributed by atoms with Gasteiger partial charge in [0.05, 0.1) is 12.5 Å². The number of aromatic nitrogens is 2. The summed E-state index contributed by atoms with van der Waals surface area (Å²) in [5.74, 6) is -1.56. The first-order chi connectivity index (χ1) is 10.5. The Morgan fingerprint density at radius 1 is 1.23 bits per heavy atom. The van der Waals surface area contributed by atoms with Gasteiger partial charge in [0.15, 0.2) is 0 Å². The first-order valence-corrected chi connectivity index (χ1v) is 6.59. The van der Waals surface area contributed by atoms with E-state index < -0.39 is 17.9 Å². The van der Waals surface area contributed by atoms with Gasteiger partial charge in [0.2, 0.25) is 0 Å². The SMILES string of the molecule is Cn1nc(C(=O)N[C@H](CC(=O)O)c2ccccc2)ccc1=O. The fourth-order valence-corrected chi connectivity index (χ4v) is 1.97. The molecule has 22 heavy (non-hydrogen) atoms. The second kappa shape index (κ2) is 6.66. The highest BCUT2D eigenvalue weighted by Crippen LogP contribution is 2.16. The topological polar surface area (TPSA) is 101 Å². The highest BCUT2D eigenvalue weighted by Gasteiger charge is 2.19. The van der Waals surface area contributed by atoms with E-state index in [2.05, 4.69) is 10.4 Å². The van der Waals surface area contributed by atoms with Crippen LogP contribution in [0.5, 0.6) is 0 Å². The Hall–Kier alpha value is -2.96. The summed E-state index contributed by atoms with van der Waals surface area (Å²) in [5.41, 5.74) is 0.401. The van der Waals surface area contributed by atoms with E-state index in [4.69, 9.17) is 5.11 Å². The van der Waals surface area contributed by atoms with Crippen LogP contribution in [0, 0.1) is 0 Å². The van der Waals surface area contributed by atoms with E-state index in [1.807, 2.05) is 0 Å². The fraction of sp³-hybridized carbons (Fsp3) is 0.200. The molecule has 1 aromatic carbocycles. The zero-order chi connectivity index (χ0) is 16.1. The number of aliphatic carboxylic acids is 1. The first kappa shape index (κ1) is 15.4. The van der Waals surface area contributed by atoms with Gasteiger partial charge in [-0.3, -0.25) is 14.4 Å². The Morgan fingerprint density at radius 2 is 1.91 bits per heavy atom. The number of aryl methyl sites for hydroxylation is 1. The number of rotatable bonds is 5. The minimum Gasteiger partial charge on any atom is -0.481 e. The molecule has 114 valence electrons. The number of carboxylic acid groups (broad SMARTS) is 1. The predicted molar refractivity (Wildman–Crippen MR) is 78.4 cm³/mol. The Kier molecular flexibility index (Phi) is 4.67. The Labute approximate surface area is 126 Å². The molecular weight excluding hydrogens is 286 g/mol. The van der Waals surface area contributed by atoms with E-state index in [9.17, 15) is 14.4 Å². The van der Waals surface area contributed by atoms with Crippen LogP contribution >= 0.6 is 0 Å². The third-order valence-electron chi connectivity index (χ3n) is 3.08. The summed E-state index contributed by atoms with van der Waals surface area (Å²) in [7, 11) is 1.44. The standard InChI is InChI=1S/C15H15N3O4/c1-18-13(19)8-7-11(17-18)15(22)16-12(9-14(20)21)10-5-3-2-4-6-10/h2-8,12H,9H2,1H3,(H,16,22)(H,20,21)/t12-/m1/s1. The summed E-state index contributed by atoms with van der Waals surface area (Å²) in [5, 5.41) is 15.5. The summed E-state index contributed by atoms with van der Waals surface area (Å²) in [4.78, 5) is 34.5. The largest absolute Gasteiger partial charge is 0.481 e. The zero-order valence-electron chi connectivity index (χ0n) is 11.9. The average Bonchev–Trinajstić information content (AvgIpc) is 2.49. The Balaban J connectivity index is 2.22. The Bertz CT molecular complexity index is 740. The lowest BCUT2D eigenvalue weighted by Gasteiger charge is -2.17. The molecule has 0 aliphatic heterocycles. The van der Waals surface area contributed by atoms with Crippen molar-refractivity contribution in [2.45, 2.75) is 12.5 Å². The maximum absolute atomic E-state index is 12.2. The van der Waals surface area contributed by atoms with Crippen LogP contribution < -0.4 is 10.9 Å². The van der Waals surface area contributed by atoms with Crippen molar-refractivity contribution in [2.75, 3.05) is 0 Å². The molecule has 0 saturated carbocycles. The lowest BCUT2D eigenvalue weighted by Crippen LogP contribution is -2.32. The van der Waals surface area contributed by atoms with Gasteiger partial charge in [0.25, 0.3) is 11.5 Å². The molecule has 0 saturated heterocycles. The van der Waals surface area contributed by atoms with Crippen molar-refractivity contribution >= 4 is 11.9 Å². The molecule has 1 atom stereocenters. The summed E-state index contributed by atoms with van der Waals surface area (Å²) in [6.07, 6.45) is -0.248. The second-order valence-electron chi connectivity index (χ2n) is 4.72. The molecule has 0 radical (unpaired) electrons. The minimum atomic E-state index is -1.03. The number of amides is 1. The third kappa shape index (κ3) is 3.78. The Morgan fingerprint density at radius 3 is 2.50 bits per heavy atom. The fourth-order valence-electron chi connectivity index (χ4n) is 1.97. The van der Waals surface area contributed by atoms with Crippen LogP contribution in [-0.4, -0.2) is 26.8 Å². The van der Waals surface area contributed by atoms with Gasteiger partial charge in [-0.1, -0.05) is 30.3 Å². The molecule has 0 spiro atoms. The molecule has 2 N–H and O–H groups in total. The van der Waals surface area contributed by atoms with Gasteiger partial charge in [-0.05, 0) is 11.6 Å². The molecule has 2 rings (SSSR count). The summed E-state index contributed by atoms with van der Waals surface area (Å²) in [6, 6.07) is 10.7. The monoisotopic (exact) mass is 301 g/mol. The van der Waals surface area contributed by atoms with Gasteiger partial charge in [0, 0.05) is 13.1 Å². The van der Waals surface area contributed by atoms with Gasteiger partial charge >= 0.3 is 5.97 Å². The van der Waals surface area contributed by atoms with Crippen LogP contribution in [0.15, 0.2) is 47.3 Å². The normalized spacial score (nSPS) is 11.7. The van der Waals surface area contributed by atoms with Crippen LogP contribution in [0.2, 0.25) is 0 Å². The molecule has 1 amide bonds. The van der Waals surface area contributed by atoms with Gasteiger partial charge < -0.3 is 10.4 Å². The quantitative estimate of drug-likeness (QED) is 0.847. The maximum atomic E-state index is 12.2. The molecule has 7 nitrogen and oxygen atoms in total.